The van der Waals surface area contributed by atoms with Crippen molar-refractivity contribution in [3.05, 3.63) is 35.8 Å². The van der Waals surface area contributed by atoms with E-state index in [-0.39, 0.29) is 17.1 Å². The Morgan fingerprint density at radius 1 is 1.40 bits per heavy atom. The van der Waals surface area contributed by atoms with E-state index in [1.807, 2.05) is 32.9 Å². The number of carboxylic acid groups (broad SMARTS) is 1. The van der Waals surface area contributed by atoms with Crippen LogP contribution in [0.4, 0.5) is 0 Å². The second-order valence-corrected chi connectivity index (χ2v) is 6.85. The van der Waals surface area contributed by atoms with Crippen LogP contribution in [0.1, 0.15) is 37.0 Å². The van der Waals surface area contributed by atoms with Gasteiger partial charge in [0, 0.05) is 23.6 Å². The first kappa shape index (κ1) is 18.9. The van der Waals surface area contributed by atoms with E-state index in [4.69, 9.17) is 5.11 Å². The van der Waals surface area contributed by atoms with Crippen molar-refractivity contribution < 1.29 is 14.7 Å². The number of carbonyl (C=O) groups is 2. The Bertz CT molecular complexity index is 830. The minimum absolute atomic E-state index is 0.0257. The molecule has 1 aromatic carbocycles. The summed E-state index contributed by atoms with van der Waals surface area (Å²) in [6.07, 6.45) is 3.28. The molecule has 132 valence electrons. The number of carbonyl (C=O) groups excluding carboxylic acids is 1. The molecule has 2 rings (SSSR count). The normalized spacial score (nSPS) is 13.1. The highest BCUT2D eigenvalue weighted by molar-refractivity contribution is 7.80. The fourth-order valence-electron chi connectivity index (χ4n) is 1.91. The minimum atomic E-state index is -1.16. The molecule has 0 aliphatic heterocycles. The Kier molecular flexibility index (Phi) is 5.73. The summed E-state index contributed by atoms with van der Waals surface area (Å²) in [4.78, 5) is 35.8. The second kappa shape index (κ2) is 7.60. The largest absolute Gasteiger partial charge is 0.480 e. The maximum atomic E-state index is 12.1. The summed E-state index contributed by atoms with van der Waals surface area (Å²) in [7, 11) is 0. The van der Waals surface area contributed by atoms with E-state index in [0.29, 0.717) is 5.52 Å². The number of benzene rings is 1. The van der Waals surface area contributed by atoms with E-state index in [0.717, 1.165) is 10.9 Å². The smallest absolute Gasteiger partial charge is 0.327 e. The first-order valence-corrected chi connectivity index (χ1v) is 8.29. The highest BCUT2D eigenvalue weighted by atomic mass is 32.1. The zero-order chi connectivity index (χ0) is 18.6. The Morgan fingerprint density at radius 2 is 2.12 bits per heavy atom. The molecule has 8 heteroatoms. The minimum Gasteiger partial charge on any atom is -0.480 e. The molecule has 0 aliphatic rings. The fourth-order valence-corrected chi connectivity index (χ4v) is 2.15. The van der Waals surface area contributed by atoms with Crippen molar-refractivity contribution >= 4 is 41.6 Å². The van der Waals surface area contributed by atoms with Gasteiger partial charge in [0.15, 0.2) is 0 Å². The molecule has 0 fully saturated rings. The number of amides is 1. The highest BCUT2D eigenvalue weighted by Crippen LogP contribution is 2.14. The zero-order valence-corrected chi connectivity index (χ0v) is 15.1. The summed E-state index contributed by atoms with van der Waals surface area (Å²) in [6, 6.07) is 4.44. The van der Waals surface area contributed by atoms with Crippen LogP contribution in [0.25, 0.3) is 10.9 Å². The second-order valence-electron chi connectivity index (χ2n) is 6.49. The lowest BCUT2D eigenvalue weighted by atomic mass is 10.1. The van der Waals surface area contributed by atoms with E-state index >= 15 is 0 Å². The molecular formula is C17H20N4O3S. The molecule has 0 radical (unpaired) electrons. The SMILES string of the molecule is CC(C)(C)/N=C\c1ccc2cnc(C(=O)NC(CS)C(=O)O)nc2c1. The predicted molar refractivity (Wildman–Crippen MR) is 99.6 cm³/mol. The van der Waals surface area contributed by atoms with Crippen molar-refractivity contribution in [3.8, 4) is 0 Å². The van der Waals surface area contributed by atoms with Gasteiger partial charge < -0.3 is 10.4 Å². The molecule has 2 N–H and O–H groups in total. The molecule has 1 heterocycles. The van der Waals surface area contributed by atoms with Gasteiger partial charge in [-0.25, -0.2) is 14.8 Å². The number of rotatable bonds is 5. The average Bonchev–Trinajstić information content (AvgIpc) is 2.55. The van der Waals surface area contributed by atoms with Crippen LogP contribution in [-0.2, 0) is 4.79 Å². The van der Waals surface area contributed by atoms with Gasteiger partial charge in [-0.2, -0.15) is 12.6 Å². The van der Waals surface area contributed by atoms with Gasteiger partial charge in [-0.1, -0.05) is 12.1 Å². The molecule has 0 aliphatic carbocycles. The molecule has 7 nitrogen and oxygen atoms in total. The number of aliphatic carboxylic acids is 1. The van der Waals surface area contributed by atoms with Crippen molar-refractivity contribution in [3.63, 3.8) is 0 Å². The van der Waals surface area contributed by atoms with Crippen LogP contribution in [-0.4, -0.2) is 50.5 Å². The summed E-state index contributed by atoms with van der Waals surface area (Å²) >= 11 is 3.91. The third-order valence-corrected chi connectivity index (χ3v) is 3.56. The van der Waals surface area contributed by atoms with E-state index in [2.05, 4.69) is 32.9 Å². The molecule has 1 unspecified atom stereocenters. The number of nitrogens with one attached hydrogen (secondary N) is 1. The summed E-state index contributed by atoms with van der Waals surface area (Å²) in [5.74, 6) is -1.94. The number of carboxylic acids is 1. The van der Waals surface area contributed by atoms with Gasteiger partial charge >= 0.3 is 5.97 Å². The Hall–Kier alpha value is -2.48. The Labute approximate surface area is 151 Å². The number of thiol groups is 1. The van der Waals surface area contributed by atoms with Gasteiger partial charge in [0.1, 0.15) is 6.04 Å². The monoisotopic (exact) mass is 360 g/mol. The topological polar surface area (TPSA) is 105 Å². The van der Waals surface area contributed by atoms with Crippen LogP contribution in [0.2, 0.25) is 0 Å². The number of hydrogen-bond donors (Lipinski definition) is 3. The predicted octanol–water partition coefficient (Wildman–Crippen LogP) is 1.96. The van der Waals surface area contributed by atoms with Crippen molar-refractivity contribution in [2.24, 2.45) is 4.99 Å². The maximum Gasteiger partial charge on any atom is 0.327 e. The molecule has 0 spiro atoms. The lowest BCUT2D eigenvalue weighted by molar-refractivity contribution is -0.138. The number of hydrogen-bond acceptors (Lipinski definition) is 6. The molecule has 1 aromatic heterocycles. The van der Waals surface area contributed by atoms with Crippen molar-refractivity contribution in [1.29, 1.82) is 0 Å². The third-order valence-electron chi connectivity index (χ3n) is 3.20. The van der Waals surface area contributed by atoms with Crippen molar-refractivity contribution in [2.45, 2.75) is 32.4 Å². The number of aromatic nitrogens is 2. The third kappa shape index (κ3) is 5.25. The standard InChI is InChI=1S/C17H20N4O3S/c1-17(2,3)19-7-10-4-5-11-8-18-14(20-12(11)6-10)15(22)21-13(9-25)16(23)24/h4-8,13,25H,9H2,1-3H3,(H,21,22)(H,23,24)/b19-7-. The number of nitrogens with zero attached hydrogens (tertiary/aromatic N) is 3. The fraction of sp³-hybridized carbons (Fsp3) is 0.353. The molecular weight excluding hydrogens is 340 g/mol. The quantitative estimate of drug-likeness (QED) is 0.558. The Morgan fingerprint density at radius 3 is 2.72 bits per heavy atom. The summed E-state index contributed by atoms with van der Waals surface area (Å²) in [5.41, 5.74) is 1.24. The van der Waals surface area contributed by atoms with E-state index in [9.17, 15) is 9.59 Å². The zero-order valence-electron chi connectivity index (χ0n) is 14.2. The lowest BCUT2D eigenvalue weighted by Crippen LogP contribution is -2.42. The highest BCUT2D eigenvalue weighted by Gasteiger charge is 2.20. The maximum absolute atomic E-state index is 12.1. The van der Waals surface area contributed by atoms with Gasteiger partial charge in [-0.05, 0) is 32.4 Å². The van der Waals surface area contributed by atoms with Crippen LogP contribution in [0.5, 0.6) is 0 Å². The molecule has 2 aromatic rings. The van der Waals surface area contributed by atoms with Gasteiger partial charge in [-0.3, -0.25) is 9.79 Å². The molecule has 0 saturated heterocycles. The number of fused-ring (bicyclic) bond motifs is 1. The van der Waals surface area contributed by atoms with Gasteiger partial charge in [0.05, 0.1) is 11.1 Å². The summed E-state index contributed by atoms with van der Waals surface area (Å²) < 4.78 is 0. The molecule has 0 saturated carbocycles. The van der Waals surface area contributed by atoms with Crippen LogP contribution in [0.15, 0.2) is 29.4 Å². The van der Waals surface area contributed by atoms with E-state index in [1.54, 1.807) is 12.3 Å². The van der Waals surface area contributed by atoms with Gasteiger partial charge in [-0.15, -0.1) is 0 Å². The van der Waals surface area contributed by atoms with Gasteiger partial charge in [0.2, 0.25) is 5.82 Å². The molecule has 1 atom stereocenters. The summed E-state index contributed by atoms with van der Waals surface area (Å²) in [5, 5.41) is 12.1. The van der Waals surface area contributed by atoms with Crippen molar-refractivity contribution in [1.82, 2.24) is 15.3 Å². The average molecular weight is 360 g/mol. The first-order valence-electron chi connectivity index (χ1n) is 7.66. The lowest BCUT2D eigenvalue weighted by Gasteiger charge is -2.11. The summed E-state index contributed by atoms with van der Waals surface area (Å²) in [6.45, 7) is 5.99. The molecule has 25 heavy (non-hydrogen) atoms. The van der Waals surface area contributed by atoms with Crippen molar-refractivity contribution in [2.75, 3.05) is 5.75 Å². The van der Waals surface area contributed by atoms with Crippen LogP contribution < -0.4 is 5.32 Å². The van der Waals surface area contributed by atoms with E-state index in [1.165, 1.54) is 6.20 Å². The first-order chi connectivity index (χ1) is 11.7. The van der Waals surface area contributed by atoms with Gasteiger partial charge in [0.25, 0.3) is 5.91 Å². The van der Waals surface area contributed by atoms with Crippen LogP contribution in [0, 0.1) is 0 Å². The van der Waals surface area contributed by atoms with Crippen LogP contribution >= 0.6 is 12.6 Å². The van der Waals surface area contributed by atoms with Crippen LogP contribution in [0.3, 0.4) is 0 Å². The van der Waals surface area contributed by atoms with E-state index < -0.39 is 17.9 Å². The molecule has 1 amide bonds. The number of aliphatic imine (C=N–C) groups is 1. The Balaban J connectivity index is 2.29. The molecule has 0 bridgehead atoms.